The van der Waals surface area contributed by atoms with E-state index in [0.29, 0.717) is 5.88 Å². The van der Waals surface area contributed by atoms with Crippen LogP contribution in [0, 0.1) is 19.9 Å². The zero-order valence-electron chi connectivity index (χ0n) is 7.36. The molecule has 0 amide bonds. The van der Waals surface area contributed by atoms with Gasteiger partial charge in [0.25, 0.3) is 0 Å². The minimum Gasteiger partial charge on any atom is -0.170 e. The van der Waals surface area contributed by atoms with Gasteiger partial charge in [0.1, 0.15) is 0 Å². The fourth-order valence-corrected chi connectivity index (χ4v) is 2.09. The van der Waals surface area contributed by atoms with Gasteiger partial charge in [-0.2, -0.15) is 18.7 Å². The van der Waals surface area contributed by atoms with Crippen molar-refractivity contribution in [3.63, 3.8) is 0 Å². The van der Waals surface area contributed by atoms with E-state index < -0.39 is 0 Å². The molecule has 0 aliphatic heterocycles. The maximum Gasteiger partial charge on any atom is 0.0252 e. The van der Waals surface area contributed by atoms with Crippen molar-refractivity contribution in [3.8, 4) is 0 Å². The maximum atomic E-state index is 5.74. The predicted octanol–water partition coefficient (Wildman–Crippen LogP) is 3.89. The summed E-state index contributed by atoms with van der Waals surface area (Å²) in [6.45, 7) is 4.03. The minimum atomic E-state index is 0. The maximum absolute atomic E-state index is 5.74. The molecule has 4 heteroatoms. The van der Waals surface area contributed by atoms with Crippen LogP contribution in [-0.2, 0) is 24.4 Å². The molecule has 1 radical (unpaired) electrons. The molecule has 71 valence electrons. The van der Waals surface area contributed by atoms with Crippen LogP contribution in [0.3, 0.4) is 0 Å². The summed E-state index contributed by atoms with van der Waals surface area (Å²) < 4.78 is 1.09. The second-order valence-corrected chi connectivity index (χ2v) is 4.16. The van der Waals surface area contributed by atoms with Crippen molar-refractivity contribution in [2.75, 3.05) is 0 Å². The Labute approximate surface area is 110 Å². The van der Waals surface area contributed by atoms with Crippen LogP contribution in [0.4, 0.5) is 0 Å². The molecule has 0 aliphatic rings. The van der Waals surface area contributed by atoms with Crippen molar-refractivity contribution >= 4 is 40.2 Å². The zero-order valence-corrected chi connectivity index (χ0v) is 12.0. The van der Waals surface area contributed by atoms with Gasteiger partial charge in [-0.25, -0.2) is 0 Å². The molecule has 1 aromatic rings. The summed E-state index contributed by atoms with van der Waals surface area (Å²) in [4.78, 5) is 0.864. The van der Waals surface area contributed by atoms with Gasteiger partial charge in [-0.1, -0.05) is 34.3 Å². The summed E-state index contributed by atoms with van der Waals surface area (Å²) in [6.07, 6.45) is 0. The standard InChI is InChI=1S/C9H9BrClS.V/c1-5-7(4-11)3-8(12)6(2)9(5)10;/h12H,4H2,1-2H3;/q-1;. The Morgan fingerprint density at radius 1 is 1.38 bits per heavy atom. The van der Waals surface area contributed by atoms with Gasteiger partial charge in [0.15, 0.2) is 0 Å². The van der Waals surface area contributed by atoms with Crippen molar-refractivity contribution in [1.82, 2.24) is 0 Å². The Balaban J connectivity index is 0.00000144. The van der Waals surface area contributed by atoms with Gasteiger partial charge in [-0.3, -0.25) is 0 Å². The zero-order chi connectivity index (χ0) is 9.30. The van der Waals surface area contributed by atoms with Crippen molar-refractivity contribution < 1.29 is 18.6 Å². The number of thiol groups is 1. The van der Waals surface area contributed by atoms with E-state index in [4.69, 9.17) is 11.6 Å². The van der Waals surface area contributed by atoms with E-state index in [-0.39, 0.29) is 18.6 Å². The number of benzene rings is 1. The molecule has 0 N–H and O–H groups in total. The van der Waals surface area contributed by atoms with E-state index in [0.717, 1.165) is 26.1 Å². The molecule has 0 saturated heterocycles. The monoisotopic (exact) mass is 314 g/mol. The average molecular weight is 316 g/mol. The van der Waals surface area contributed by atoms with E-state index in [9.17, 15) is 0 Å². The van der Waals surface area contributed by atoms with Gasteiger partial charge in [-0.15, -0.1) is 33.2 Å². The topological polar surface area (TPSA) is 0 Å². The molecule has 0 bridgehead atoms. The van der Waals surface area contributed by atoms with Gasteiger partial charge < -0.3 is 0 Å². The number of alkyl halides is 1. The van der Waals surface area contributed by atoms with Gasteiger partial charge in [0, 0.05) is 24.4 Å². The van der Waals surface area contributed by atoms with Gasteiger partial charge in [0.05, 0.1) is 0 Å². The van der Waals surface area contributed by atoms with Crippen LogP contribution in [0.5, 0.6) is 0 Å². The Morgan fingerprint density at radius 2 is 1.92 bits per heavy atom. The molecule has 1 rings (SSSR count). The van der Waals surface area contributed by atoms with Gasteiger partial charge in [0.2, 0.25) is 0 Å². The second kappa shape index (κ2) is 5.72. The van der Waals surface area contributed by atoms with E-state index in [1.54, 1.807) is 0 Å². The van der Waals surface area contributed by atoms with Crippen LogP contribution in [0.2, 0.25) is 0 Å². The fraction of sp³-hybridized carbons (Fsp3) is 0.333. The molecular weight excluding hydrogens is 306 g/mol. The Hall–Kier alpha value is 0.924. The van der Waals surface area contributed by atoms with Crippen LogP contribution >= 0.6 is 40.2 Å². The first-order valence-electron chi connectivity index (χ1n) is 3.53. The smallest absolute Gasteiger partial charge is 0.0252 e. The molecule has 0 unspecified atom stereocenters. The number of halogens is 2. The Bertz CT molecular complexity index is 315. The van der Waals surface area contributed by atoms with Crippen molar-refractivity contribution in [3.05, 3.63) is 27.2 Å². The molecule has 0 fully saturated rings. The predicted molar refractivity (Wildman–Crippen MR) is 59.3 cm³/mol. The van der Waals surface area contributed by atoms with E-state index in [1.807, 2.05) is 13.8 Å². The average Bonchev–Trinajstić information content (AvgIpc) is 2.08. The van der Waals surface area contributed by atoms with Crippen LogP contribution in [0.25, 0.3) is 0 Å². The molecule has 0 aliphatic carbocycles. The summed E-state index contributed by atoms with van der Waals surface area (Å²) in [6, 6.07) is 3.14. The molecule has 0 aromatic heterocycles. The van der Waals surface area contributed by atoms with Crippen LogP contribution in [0.1, 0.15) is 16.7 Å². The van der Waals surface area contributed by atoms with Crippen molar-refractivity contribution in [1.29, 1.82) is 0 Å². The normalized spacial score (nSPS) is 9.62. The first-order valence-corrected chi connectivity index (χ1v) is 5.31. The van der Waals surface area contributed by atoms with Gasteiger partial charge >= 0.3 is 0 Å². The number of hydrogen-bond donors (Lipinski definition) is 1. The van der Waals surface area contributed by atoms with E-state index >= 15 is 0 Å². The van der Waals surface area contributed by atoms with E-state index in [2.05, 4.69) is 34.6 Å². The third-order valence-electron chi connectivity index (χ3n) is 1.87. The third kappa shape index (κ3) is 2.94. The summed E-state index contributed by atoms with van der Waals surface area (Å²) in [5.41, 5.74) is 3.28. The van der Waals surface area contributed by atoms with Crippen LogP contribution in [0.15, 0.2) is 9.37 Å². The second-order valence-electron chi connectivity index (χ2n) is 2.65. The minimum absolute atomic E-state index is 0. The summed E-state index contributed by atoms with van der Waals surface area (Å²) in [5.74, 6) is 0.484. The summed E-state index contributed by atoms with van der Waals surface area (Å²) >= 11 is 13.5. The number of rotatable bonds is 1. The molecule has 0 saturated carbocycles. The summed E-state index contributed by atoms with van der Waals surface area (Å²) in [5, 5.41) is 0. The van der Waals surface area contributed by atoms with Gasteiger partial charge in [-0.05, 0) is 0 Å². The third-order valence-corrected chi connectivity index (χ3v) is 3.77. The number of hydrogen-bond acceptors (Lipinski definition) is 1. The van der Waals surface area contributed by atoms with Crippen LogP contribution in [-0.4, -0.2) is 0 Å². The molecule has 0 spiro atoms. The molecule has 13 heavy (non-hydrogen) atoms. The molecule has 0 heterocycles. The molecule has 1 aromatic carbocycles. The first kappa shape index (κ1) is 13.9. The SMILES string of the molecule is Cc1c(S)[c-]c(CCl)c(C)c1Br.[V]. The Morgan fingerprint density at radius 3 is 2.38 bits per heavy atom. The molecular formula is C9H9BrClSV-. The quantitative estimate of drug-likeness (QED) is 0.454. The van der Waals surface area contributed by atoms with E-state index in [1.165, 1.54) is 0 Å². The van der Waals surface area contributed by atoms with Crippen LogP contribution < -0.4 is 0 Å². The Kier molecular flexibility index (Phi) is 6.13. The fourth-order valence-electron chi connectivity index (χ4n) is 0.982. The largest absolute Gasteiger partial charge is 0.170 e. The summed E-state index contributed by atoms with van der Waals surface area (Å²) in [7, 11) is 0. The first-order chi connectivity index (χ1) is 5.57. The molecule has 0 atom stereocenters. The van der Waals surface area contributed by atoms with Crippen molar-refractivity contribution in [2.24, 2.45) is 0 Å². The molecule has 0 nitrogen and oxygen atoms in total. The van der Waals surface area contributed by atoms with Crippen molar-refractivity contribution in [2.45, 2.75) is 24.6 Å².